The fourth-order valence-corrected chi connectivity index (χ4v) is 4.58. The average Bonchev–Trinajstić information content (AvgIpc) is 3.15. The highest BCUT2D eigenvalue weighted by molar-refractivity contribution is 6.06. The summed E-state index contributed by atoms with van der Waals surface area (Å²) >= 11 is 0. The topological polar surface area (TPSA) is 121 Å². The lowest BCUT2D eigenvalue weighted by molar-refractivity contribution is -0.384. The van der Waals surface area contributed by atoms with Crippen molar-refractivity contribution in [3.8, 4) is 23.0 Å². The minimum Gasteiger partial charge on any atom is -0.493 e. The molecule has 0 fully saturated rings. The molecule has 4 rings (SSSR count). The Balaban J connectivity index is 1.55. The number of rotatable bonds is 11. The number of nitro benzene ring substituents is 1. The first-order valence-electron chi connectivity index (χ1n) is 12.8. The van der Waals surface area contributed by atoms with Crippen LogP contribution in [0.15, 0.2) is 60.8 Å². The van der Waals surface area contributed by atoms with E-state index in [4.69, 9.17) is 18.9 Å². The molecule has 0 saturated carbocycles. The van der Waals surface area contributed by atoms with Gasteiger partial charge in [-0.2, -0.15) is 0 Å². The predicted molar refractivity (Wildman–Crippen MR) is 153 cm³/mol. The largest absolute Gasteiger partial charge is 0.493 e. The second kappa shape index (κ2) is 12.9. The van der Waals surface area contributed by atoms with Crippen molar-refractivity contribution in [2.75, 3.05) is 46.4 Å². The van der Waals surface area contributed by atoms with Crippen LogP contribution in [-0.2, 0) is 11.2 Å². The van der Waals surface area contributed by atoms with Crippen molar-refractivity contribution in [3.63, 3.8) is 0 Å². The first-order chi connectivity index (χ1) is 19.8. The van der Waals surface area contributed by atoms with Gasteiger partial charge in [0, 0.05) is 48.7 Å². The second-order valence-corrected chi connectivity index (χ2v) is 9.14. The molecule has 0 aromatic heterocycles. The van der Waals surface area contributed by atoms with Crippen molar-refractivity contribution < 1.29 is 33.5 Å². The molecule has 1 heterocycles. The smallest absolute Gasteiger partial charge is 0.269 e. The molecule has 2 amide bonds. The first-order valence-corrected chi connectivity index (χ1v) is 12.8. The molecule has 0 bridgehead atoms. The van der Waals surface area contributed by atoms with Gasteiger partial charge < -0.3 is 28.7 Å². The summed E-state index contributed by atoms with van der Waals surface area (Å²) in [5, 5.41) is 11.1. The van der Waals surface area contributed by atoms with Crippen LogP contribution in [0.2, 0.25) is 0 Å². The number of carbonyl (C=O) groups excluding carboxylic acids is 2. The highest BCUT2D eigenvalue weighted by atomic mass is 16.6. The molecule has 1 aliphatic heterocycles. The van der Waals surface area contributed by atoms with Crippen molar-refractivity contribution in [3.05, 3.63) is 87.6 Å². The SMILES string of the molecule is COc1ccc(N(CCCN2C=Cc3cc(OC)c(OC)cc3CC2=O)C(=O)c2ccc([N+](=O)[O-])cc2)cc1OC. The highest BCUT2D eigenvalue weighted by Crippen LogP contribution is 2.34. The number of anilines is 1. The van der Waals surface area contributed by atoms with E-state index in [1.807, 2.05) is 18.2 Å². The van der Waals surface area contributed by atoms with E-state index < -0.39 is 4.92 Å². The van der Waals surface area contributed by atoms with E-state index in [1.165, 1.54) is 38.5 Å². The van der Waals surface area contributed by atoms with Gasteiger partial charge in [-0.15, -0.1) is 0 Å². The summed E-state index contributed by atoms with van der Waals surface area (Å²) in [6.45, 7) is 0.618. The van der Waals surface area contributed by atoms with Crippen LogP contribution in [0.25, 0.3) is 6.08 Å². The summed E-state index contributed by atoms with van der Waals surface area (Å²) in [4.78, 5) is 40.5. The van der Waals surface area contributed by atoms with E-state index in [0.717, 1.165) is 11.1 Å². The monoisotopic (exact) mass is 561 g/mol. The molecule has 1 aliphatic rings. The molecular weight excluding hydrogens is 530 g/mol. The fourth-order valence-electron chi connectivity index (χ4n) is 4.58. The number of benzene rings is 3. The number of methoxy groups -OCH3 is 4. The lowest BCUT2D eigenvalue weighted by Gasteiger charge is -2.25. The Kier molecular flexibility index (Phi) is 9.08. The molecule has 214 valence electrons. The third kappa shape index (κ3) is 6.40. The van der Waals surface area contributed by atoms with E-state index in [9.17, 15) is 19.7 Å². The van der Waals surface area contributed by atoms with Gasteiger partial charge in [-0.3, -0.25) is 19.7 Å². The summed E-state index contributed by atoms with van der Waals surface area (Å²) < 4.78 is 21.5. The van der Waals surface area contributed by atoms with Gasteiger partial charge in [0.25, 0.3) is 11.6 Å². The molecule has 3 aromatic carbocycles. The molecule has 11 heteroatoms. The minimum absolute atomic E-state index is 0.0911. The maximum absolute atomic E-state index is 13.6. The van der Waals surface area contributed by atoms with E-state index in [-0.39, 0.29) is 36.0 Å². The Hall–Kier alpha value is -5.06. The zero-order valence-electron chi connectivity index (χ0n) is 23.3. The van der Waals surface area contributed by atoms with Crippen LogP contribution in [-0.4, -0.2) is 63.2 Å². The normalized spacial score (nSPS) is 12.3. The number of carbonyl (C=O) groups is 2. The Labute approximate surface area is 237 Å². The van der Waals surface area contributed by atoms with Gasteiger partial charge in [0.05, 0.1) is 39.8 Å². The lowest BCUT2D eigenvalue weighted by atomic mass is 10.0. The molecule has 11 nitrogen and oxygen atoms in total. The zero-order chi connectivity index (χ0) is 29.5. The van der Waals surface area contributed by atoms with Crippen LogP contribution < -0.4 is 23.8 Å². The quantitative estimate of drug-likeness (QED) is 0.244. The molecule has 0 saturated heterocycles. The fraction of sp³-hybridized carbons (Fsp3) is 0.267. The Bertz CT molecular complexity index is 1470. The number of nitrogens with zero attached hydrogens (tertiary/aromatic N) is 3. The molecule has 3 aromatic rings. The van der Waals surface area contributed by atoms with E-state index in [1.54, 1.807) is 48.4 Å². The van der Waals surface area contributed by atoms with Gasteiger partial charge in [0.1, 0.15) is 0 Å². The summed E-state index contributed by atoms with van der Waals surface area (Å²) in [5.74, 6) is 1.64. The van der Waals surface area contributed by atoms with Gasteiger partial charge in [0.2, 0.25) is 5.91 Å². The lowest BCUT2D eigenvalue weighted by Crippen LogP contribution is -2.35. The molecule has 0 radical (unpaired) electrons. The maximum Gasteiger partial charge on any atom is 0.269 e. The Morgan fingerprint density at radius 2 is 1.54 bits per heavy atom. The van der Waals surface area contributed by atoms with Crippen molar-refractivity contribution >= 4 is 29.3 Å². The third-order valence-corrected chi connectivity index (χ3v) is 6.77. The number of amides is 2. The zero-order valence-corrected chi connectivity index (χ0v) is 23.3. The highest BCUT2D eigenvalue weighted by Gasteiger charge is 2.23. The Morgan fingerprint density at radius 1 is 0.902 bits per heavy atom. The predicted octanol–water partition coefficient (Wildman–Crippen LogP) is 4.72. The van der Waals surface area contributed by atoms with E-state index in [0.29, 0.717) is 41.7 Å². The Morgan fingerprint density at radius 3 is 2.17 bits per heavy atom. The molecular formula is C30H31N3O8. The molecule has 0 spiro atoms. The maximum atomic E-state index is 13.6. The second-order valence-electron chi connectivity index (χ2n) is 9.14. The van der Waals surface area contributed by atoms with Crippen molar-refractivity contribution in [1.82, 2.24) is 4.90 Å². The molecule has 0 aliphatic carbocycles. The molecule has 0 N–H and O–H groups in total. The number of fused-ring (bicyclic) bond motifs is 1. The van der Waals surface area contributed by atoms with Crippen LogP contribution in [0.1, 0.15) is 27.9 Å². The molecule has 0 unspecified atom stereocenters. The number of non-ortho nitro benzene ring substituents is 1. The average molecular weight is 562 g/mol. The standard InChI is InChI=1S/C30H31N3O8/c1-38-25-11-10-24(19-28(25)41-4)32(30(35)20-6-8-23(9-7-20)33(36)37)14-5-13-31-15-12-21-16-26(39-2)27(40-3)17-22(21)18-29(31)34/h6-12,15-17,19H,5,13-14,18H2,1-4H3. The van der Waals surface area contributed by atoms with E-state index in [2.05, 4.69) is 0 Å². The van der Waals surface area contributed by atoms with Gasteiger partial charge in [-0.05, 0) is 60.0 Å². The van der Waals surface area contributed by atoms with Crippen LogP contribution >= 0.6 is 0 Å². The number of hydrogen-bond acceptors (Lipinski definition) is 8. The summed E-state index contributed by atoms with van der Waals surface area (Å²) in [6.07, 6.45) is 4.23. The van der Waals surface area contributed by atoms with Crippen LogP contribution in [0.5, 0.6) is 23.0 Å². The summed E-state index contributed by atoms with van der Waals surface area (Å²) in [6, 6.07) is 14.2. The number of hydrogen-bond donors (Lipinski definition) is 0. The van der Waals surface area contributed by atoms with Gasteiger partial charge in [0.15, 0.2) is 23.0 Å². The van der Waals surface area contributed by atoms with Crippen LogP contribution in [0.3, 0.4) is 0 Å². The van der Waals surface area contributed by atoms with Crippen molar-refractivity contribution in [2.45, 2.75) is 12.8 Å². The summed E-state index contributed by atoms with van der Waals surface area (Å²) in [5.41, 5.74) is 2.41. The van der Waals surface area contributed by atoms with Crippen LogP contribution in [0.4, 0.5) is 11.4 Å². The molecule has 0 atom stereocenters. The van der Waals surface area contributed by atoms with Crippen molar-refractivity contribution in [2.24, 2.45) is 0 Å². The number of nitro groups is 1. The van der Waals surface area contributed by atoms with E-state index >= 15 is 0 Å². The minimum atomic E-state index is -0.517. The molecule has 41 heavy (non-hydrogen) atoms. The summed E-state index contributed by atoms with van der Waals surface area (Å²) in [7, 11) is 6.13. The number of ether oxygens (including phenoxy) is 4. The van der Waals surface area contributed by atoms with Crippen LogP contribution in [0, 0.1) is 10.1 Å². The van der Waals surface area contributed by atoms with Gasteiger partial charge in [-0.25, -0.2) is 0 Å². The van der Waals surface area contributed by atoms with Gasteiger partial charge in [-0.1, -0.05) is 0 Å². The first kappa shape index (κ1) is 28.9. The van der Waals surface area contributed by atoms with Gasteiger partial charge >= 0.3 is 0 Å². The van der Waals surface area contributed by atoms with Crippen molar-refractivity contribution in [1.29, 1.82) is 0 Å². The third-order valence-electron chi connectivity index (χ3n) is 6.77.